The average Bonchev–Trinajstić information content (AvgIpc) is 2.03. The van der Waals surface area contributed by atoms with Gasteiger partial charge in [0.05, 0.1) is 0 Å². The van der Waals surface area contributed by atoms with Gasteiger partial charge in [-0.25, -0.2) is 0 Å². The van der Waals surface area contributed by atoms with Crippen LogP contribution >= 0.6 is 12.9 Å². The van der Waals surface area contributed by atoms with E-state index in [9.17, 15) is 0 Å². The topological polar surface area (TPSA) is 0 Å². The molecule has 78 valence electrons. The van der Waals surface area contributed by atoms with Crippen LogP contribution in [0.15, 0.2) is 0 Å². The Morgan fingerprint density at radius 1 is 0.929 bits per heavy atom. The summed E-state index contributed by atoms with van der Waals surface area (Å²) in [5, 5.41) is 0. The Balaban J connectivity index is 5.16. The number of rotatable bonds is 3. The van der Waals surface area contributed by atoms with E-state index in [0.717, 1.165) is 16.6 Å². The molecule has 0 aromatic carbocycles. The fourth-order valence-corrected chi connectivity index (χ4v) is 10.2. The molecule has 0 aromatic rings. The minimum absolute atomic E-state index is 0.276. The average molecular weight is 286 g/mol. The molecular formula is C11H21BrMgSi. The lowest BCUT2D eigenvalue weighted by Gasteiger charge is -2.38. The zero-order chi connectivity index (χ0) is 11.4. The van der Waals surface area contributed by atoms with E-state index in [-0.39, 0.29) is 18.2 Å². The normalized spacial score (nSPS) is 11.6. The summed E-state index contributed by atoms with van der Waals surface area (Å²) in [4.78, 5) is 0. The molecule has 0 atom stereocenters. The summed E-state index contributed by atoms with van der Waals surface area (Å²) in [7, 11) is -1.40. The van der Waals surface area contributed by atoms with Crippen LogP contribution in [0, 0.1) is 9.59 Å². The van der Waals surface area contributed by atoms with Crippen molar-refractivity contribution in [3.8, 4) is 9.59 Å². The summed E-state index contributed by atoms with van der Waals surface area (Å²) >= 11 is 3.26. The van der Waals surface area contributed by atoms with Gasteiger partial charge in [0.1, 0.15) is 8.07 Å². The van der Waals surface area contributed by atoms with Crippen molar-refractivity contribution in [2.45, 2.75) is 58.2 Å². The van der Waals surface area contributed by atoms with Gasteiger partial charge < -0.3 is 0 Å². The molecule has 0 rings (SSSR count). The van der Waals surface area contributed by atoms with Crippen LogP contribution in [0.25, 0.3) is 0 Å². The highest BCUT2D eigenvalue weighted by Gasteiger charge is 2.41. The lowest BCUT2D eigenvalue weighted by atomic mass is 10.5. The minimum atomic E-state index is -1.40. The van der Waals surface area contributed by atoms with E-state index in [0.29, 0.717) is 0 Å². The summed E-state index contributed by atoms with van der Waals surface area (Å²) in [6.07, 6.45) is 0. The molecule has 0 fully saturated rings. The third-order valence-electron chi connectivity index (χ3n) is 3.24. The van der Waals surface area contributed by atoms with Crippen LogP contribution < -0.4 is 0 Å². The van der Waals surface area contributed by atoms with Crippen LogP contribution in [0.5, 0.6) is 0 Å². The van der Waals surface area contributed by atoms with Gasteiger partial charge in [0, 0.05) is 0 Å². The summed E-state index contributed by atoms with van der Waals surface area (Å²) < 4.78 is 3.40. The molecule has 0 saturated heterocycles. The molecule has 3 heteroatoms. The second kappa shape index (κ2) is 6.57. The summed E-state index contributed by atoms with van der Waals surface area (Å²) in [6, 6.07) is 0. The van der Waals surface area contributed by atoms with Crippen molar-refractivity contribution >= 4 is 39.2 Å². The van der Waals surface area contributed by atoms with E-state index in [1.54, 1.807) is 0 Å². The molecule has 0 bridgehead atoms. The van der Waals surface area contributed by atoms with Crippen molar-refractivity contribution in [1.82, 2.24) is 0 Å². The van der Waals surface area contributed by atoms with Crippen LogP contribution in [0.1, 0.15) is 41.5 Å². The van der Waals surface area contributed by atoms with Gasteiger partial charge >= 0.3 is 18.2 Å². The molecule has 0 unspecified atom stereocenters. The van der Waals surface area contributed by atoms with E-state index in [4.69, 9.17) is 0 Å². The van der Waals surface area contributed by atoms with Crippen LogP contribution in [-0.4, -0.2) is 26.3 Å². The van der Waals surface area contributed by atoms with E-state index in [1.165, 1.54) is 0 Å². The predicted octanol–water partition coefficient (Wildman–Crippen LogP) is 4.18. The van der Waals surface area contributed by atoms with Crippen molar-refractivity contribution in [1.29, 1.82) is 0 Å². The largest absolute Gasteiger partial charge is 0.568 e. The molecule has 0 radical (unpaired) electrons. The van der Waals surface area contributed by atoms with E-state index < -0.39 is 8.07 Å². The Morgan fingerprint density at radius 2 is 1.29 bits per heavy atom. The molecule has 0 amide bonds. The first kappa shape index (κ1) is 15.0. The molecule has 14 heavy (non-hydrogen) atoms. The van der Waals surface area contributed by atoms with Crippen LogP contribution in [-0.2, 0) is 0 Å². The minimum Gasteiger partial charge on any atom is -0.277 e. The lowest BCUT2D eigenvalue weighted by Crippen LogP contribution is -2.43. The zero-order valence-corrected chi connectivity index (χ0v) is 14.3. The first-order valence-electron chi connectivity index (χ1n) is 5.45. The van der Waals surface area contributed by atoms with E-state index >= 15 is 0 Å². The van der Waals surface area contributed by atoms with Gasteiger partial charge in [-0.15, -0.1) is 0 Å². The maximum absolute atomic E-state index is 3.68. The van der Waals surface area contributed by atoms with Gasteiger partial charge in [-0.2, -0.15) is 5.54 Å². The van der Waals surface area contributed by atoms with Gasteiger partial charge in [-0.3, -0.25) is 16.9 Å². The molecule has 0 heterocycles. The second-order valence-electron chi connectivity index (χ2n) is 4.83. The predicted molar refractivity (Wildman–Crippen MR) is 73.5 cm³/mol. The molecule has 0 aromatic heterocycles. The quantitative estimate of drug-likeness (QED) is 0.539. The van der Waals surface area contributed by atoms with Gasteiger partial charge in [-0.1, -0.05) is 41.5 Å². The third-order valence-corrected chi connectivity index (χ3v) is 11.1. The van der Waals surface area contributed by atoms with Gasteiger partial charge in [0.25, 0.3) is 0 Å². The maximum atomic E-state index is 3.68. The molecular weight excluding hydrogens is 264 g/mol. The monoisotopic (exact) mass is 284 g/mol. The fourth-order valence-electron chi connectivity index (χ4n) is 2.62. The molecule has 0 N–H and O–H groups in total. The molecule has 0 nitrogen and oxygen atoms in total. The Hall–Kier alpha value is 1.02. The SMILES string of the molecule is CC(C)[Si](C#[C][Mg][Br])(C(C)C)C(C)C. The molecule has 0 aliphatic carbocycles. The van der Waals surface area contributed by atoms with Crippen LogP contribution in [0.3, 0.4) is 0 Å². The smallest absolute Gasteiger partial charge is 0.277 e. The van der Waals surface area contributed by atoms with E-state index in [2.05, 4.69) is 64.0 Å². The van der Waals surface area contributed by atoms with Gasteiger partial charge in [0.15, 0.2) is 0 Å². The Kier molecular flexibility index (Phi) is 7.05. The van der Waals surface area contributed by atoms with E-state index in [1.807, 2.05) is 0 Å². The second-order valence-corrected chi connectivity index (χ2v) is 12.7. The lowest BCUT2D eigenvalue weighted by molar-refractivity contribution is 0.838. The highest BCUT2D eigenvalue weighted by atomic mass is 79.9. The number of hydrogen-bond acceptors (Lipinski definition) is 0. The number of halogens is 1. The zero-order valence-electron chi connectivity index (χ0n) is 10.3. The first-order chi connectivity index (χ1) is 6.39. The standard InChI is InChI=1S/C11H21Si.BrH.Mg/c1-8-12(9(2)3,10(4)5)11(6)7;;/h9-11H,2-7H3;1H;/q;;+1/p-1. The Morgan fingerprint density at radius 3 is 1.50 bits per heavy atom. The van der Waals surface area contributed by atoms with Gasteiger partial charge in [0.2, 0.25) is 0 Å². The molecule has 0 saturated carbocycles. The van der Waals surface area contributed by atoms with Crippen molar-refractivity contribution in [3.05, 3.63) is 0 Å². The first-order valence-corrected chi connectivity index (χ1v) is 12.3. The fraction of sp³-hybridized carbons (Fsp3) is 0.818. The summed E-state index contributed by atoms with van der Waals surface area (Å²) in [6.45, 7) is 14.1. The molecule has 0 spiro atoms. The van der Waals surface area contributed by atoms with Crippen molar-refractivity contribution in [3.63, 3.8) is 0 Å². The highest BCUT2D eigenvalue weighted by molar-refractivity contribution is 9.23. The summed E-state index contributed by atoms with van der Waals surface area (Å²) in [5.41, 5.74) is 5.99. The third kappa shape index (κ3) is 3.26. The molecule has 0 aliphatic rings. The molecule has 0 aliphatic heterocycles. The Labute approximate surface area is 106 Å². The van der Waals surface area contributed by atoms with Crippen molar-refractivity contribution < 1.29 is 0 Å². The van der Waals surface area contributed by atoms with Gasteiger partial charge in [-0.05, 0) is 16.6 Å². The Bertz CT molecular complexity index is 203. The van der Waals surface area contributed by atoms with Crippen LogP contribution in [0.4, 0.5) is 0 Å². The van der Waals surface area contributed by atoms with Crippen molar-refractivity contribution in [2.75, 3.05) is 0 Å². The van der Waals surface area contributed by atoms with Crippen LogP contribution in [0.2, 0.25) is 16.6 Å². The number of hydrogen-bond donors (Lipinski definition) is 0. The van der Waals surface area contributed by atoms with Crippen molar-refractivity contribution in [2.24, 2.45) is 0 Å². The summed E-state index contributed by atoms with van der Waals surface area (Å²) in [5.74, 6) is 0. The maximum Gasteiger partial charge on any atom is 0.568 e. The highest BCUT2D eigenvalue weighted by Crippen LogP contribution is 2.40.